The Balaban J connectivity index is 2.42. The number of aromatic nitrogens is 2. The molecule has 0 aliphatic rings. The Hall–Kier alpha value is -1.85. The van der Waals surface area contributed by atoms with Gasteiger partial charge in [0.15, 0.2) is 5.82 Å². The van der Waals surface area contributed by atoms with E-state index in [1.807, 2.05) is 6.92 Å². The quantitative estimate of drug-likeness (QED) is 0.691. The number of carbonyl (C=O) groups is 1. The smallest absolute Gasteiger partial charge is 0.303 e. The van der Waals surface area contributed by atoms with E-state index in [4.69, 9.17) is 5.11 Å². The van der Waals surface area contributed by atoms with Gasteiger partial charge in [-0.15, -0.1) is 0 Å². The zero-order valence-corrected chi connectivity index (χ0v) is 9.85. The summed E-state index contributed by atoms with van der Waals surface area (Å²) in [6.07, 6.45) is 4.66. The zero-order chi connectivity index (χ0) is 12.7. The fourth-order valence-corrected chi connectivity index (χ4v) is 1.43. The molecule has 1 heterocycles. The van der Waals surface area contributed by atoms with Crippen LogP contribution in [0.5, 0.6) is 0 Å². The monoisotopic (exact) mass is 239 g/mol. The molecule has 0 unspecified atom stereocenters. The number of unbranched alkanes of at least 4 members (excludes halogenated alkanes) is 1. The Labute approximate surface area is 99.3 Å². The largest absolute Gasteiger partial charge is 0.481 e. The molecular formula is C11H17N3O3. The number of aryl methyl sites for hydroxylation is 1. The van der Waals surface area contributed by atoms with Crippen molar-refractivity contribution in [2.45, 2.75) is 32.7 Å². The molecule has 0 saturated carbocycles. The van der Waals surface area contributed by atoms with Gasteiger partial charge in [-0.05, 0) is 19.8 Å². The van der Waals surface area contributed by atoms with Crippen LogP contribution >= 0.6 is 0 Å². The number of rotatable bonds is 7. The first kappa shape index (κ1) is 13.2. The number of carboxylic acid groups (broad SMARTS) is 1. The van der Waals surface area contributed by atoms with Crippen LogP contribution in [0.1, 0.15) is 26.2 Å². The Morgan fingerprint density at radius 1 is 1.53 bits per heavy atom. The highest BCUT2D eigenvalue weighted by Gasteiger charge is 2.02. The number of anilines is 1. The highest BCUT2D eigenvalue weighted by Crippen LogP contribution is 1.98. The lowest BCUT2D eigenvalue weighted by atomic mass is 10.2. The Kier molecular flexibility index (Phi) is 5.19. The highest BCUT2D eigenvalue weighted by molar-refractivity contribution is 5.66. The second-order valence-electron chi connectivity index (χ2n) is 3.64. The third-order valence-electron chi connectivity index (χ3n) is 2.36. The Bertz CT molecular complexity index is 428. The van der Waals surface area contributed by atoms with Crippen molar-refractivity contribution in [2.24, 2.45) is 0 Å². The van der Waals surface area contributed by atoms with Gasteiger partial charge in [-0.3, -0.25) is 9.59 Å². The van der Waals surface area contributed by atoms with Crippen molar-refractivity contribution < 1.29 is 9.90 Å². The highest BCUT2D eigenvalue weighted by atomic mass is 16.4. The summed E-state index contributed by atoms with van der Waals surface area (Å²) >= 11 is 0. The molecule has 0 aliphatic carbocycles. The summed E-state index contributed by atoms with van der Waals surface area (Å²) in [5, 5.41) is 11.4. The summed E-state index contributed by atoms with van der Waals surface area (Å²) in [4.78, 5) is 26.0. The van der Waals surface area contributed by atoms with Crippen LogP contribution in [0.25, 0.3) is 0 Å². The summed E-state index contributed by atoms with van der Waals surface area (Å²) in [5.41, 5.74) is -0.145. The molecule has 0 radical (unpaired) electrons. The summed E-state index contributed by atoms with van der Waals surface area (Å²) in [6.45, 7) is 3.05. The maximum absolute atomic E-state index is 11.7. The second-order valence-corrected chi connectivity index (χ2v) is 3.64. The fraction of sp³-hybridized carbons (Fsp3) is 0.545. The van der Waals surface area contributed by atoms with Crippen molar-refractivity contribution in [1.29, 1.82) is 0 Å². The van der Waals surface area contributed by atoms with Gasteiger partial charge in [0.05, 0.1) is 0 Å². The first-order valence-corrected chi connectivity index (χ1v) is 5.66. The maximum Gasteiger partial charge on any atom is 0.303 e. The van der Waals surface area contributed by atoms with Crippen LogP contribution in [-0.4, -0.2) is 27.2 Å². The van der Waals surface area contributed by atoms with Gasteiger partial charge in [-0.1, -0.05) is 0 Å². The van der Waals surface area contributed by atoms with Crippen molar-refractivity contribution in [3.05, 3.63) is 22.7 Å². The van der Waals surface area contributed by atoms with E-state index in [1.54, 1.807) is 17.0 Å². The van der Waals surface area contributed by atoms with E-state index in [1.165, 1.54) is 0 Å². The standard InChI is InChI=1S/C11H17N3O3/c1-2-14-8-7-13-10(11(14)17)12-6-4-3-5-9(15)16/h7-8H,2-6H2,1H3,(H,12,13)(H,15,16). The van der Waals surface area contributed by atoms with Gasteiger partial charge in [0, 0.05) is 31.9 Å². The van der Waals surface area contributed by atoms with Gasteiger partial charge in [0.25, 0.3) is 5.56 Å². The average Bonchev–Trinajstić information content (AvgIpc) is 2.30. The molecule has 0 spiro atoms. The predicted octanol–water partition coefficient (Wildman–Crippen LogP) is 0.930. The van der Waals surface area contributed by atoms with Gasteiger partial charge < -0.3 is 15.0 Å². The molecule has 0 amide bonds. The van der Waals surface area contributed by atoms with Crippen LogP contribution < -0.4 is 10.9 Å². The van der Waals surface area contributed by atoms with E-state index in [0.717, 1.165) is 0 Å². The van der Waals surface area contributed by atoms with E-state index in [-0.39, 0.29) is 12.0 Å². The molecule has 0 saturated heterocycles. The van der Waals surface area contributed by atoms with Gasteiger partial charge in [-0.25, -0.2) is 4.98 Å². The number of carboxylic acids is 1. The van der Waals surface area contributed by atoms with Crippen LogP contribution in [0.3, 0.4) is 0 Å². The minimum atomic E-state index is -0.795. The van der Waals surface area contributed by atoms with Crippen molar-refractivity contribution in [2.75, 3.05) is 11.9 Å². The Morgan fingerprint density at radius 3 is 2.94 bits per heavy atom. The summed E-state index contributed by atoms with van der Waals surface area (Å²) in [7, 11) is 0. The number of nitrogens with zero attached hydrogens (tertiary/aromatic N) is 2. The number of nitrogens with one attached hydrogen (secondary N) is 1. The predicted molar refractivity (Wildman–Crippen MR) is 64.1 cm³/mol. The lowest BCUT2D eigenvalue weighted by Crippen LogP contribution is -2.24. The van der Waals surface area contributed by atoms with Crippen LogP contribution in [-0.2, 0) is 11.3 Å². The van der Waals surface area contributed by atoms with Crippen LogP contribution in [0.4, 0.5) is 5.82 Å². The molecule has 1 aromatic heterocycles. The minimum Gasteiger partial charge on any atom is -0.481 e. The fourth-order valence-electron chi connectivity index (χ4n) is 1.43. The van der Waals surface area contributed by atoms with E-state index in [9.17, 15) is 9.59 Å². The van der Waals surface area contributed by atoms with Crippen molar-refractivity contribution in [3.63, 3.8) is 0 Å². The molecule has 0 aliphatic heterocycles. The topological polar surface area (TPSA) is 84.2 Å². The normalized spacial score (nSPS) is 10.2. The Morgan fingerprint density at radius 2 is 2.29 bits per heavy atom. The number of hydrogen-bond donors (Lipinski definition) is 2. The lowest BCUT2D eigenvalue weighted by Gasteiger charge is -2.06. The van der Waals surface area contributed by atoms with Gasteiger partial charge >= 0.3 is 5.97 Å². The zero-order valence-electron chi connectivity index (χ0n) is 9.85. The van der Waals surface area contributed by atoms with Gasteiger partial charge in [0.2, 0.25) is 0 Å². The van der Waals surface area contributed by atoms with Crippen molar-refractivity contribution in [3.8, 4) is 0 Å². The molecule has 2 N–H and O–H groups in total. The first-order chi connectivity index (χ1) is 8.15. The molecule has 1 rings (SSSR count). The maximum atomic E-state index is 11.7. The second kappa shape index (κ2) is 6.67. The van der Waals surface area contributed by atoms with E-state index < -0.39 is 5.97 Å². The summed E-state index contributed by atoms with van der Waals surface area (Å²) < 4.78 is 1.56. The van der Waals surface area contributed by atoms with Crippen LogP contribution in [0, 0.1) is 0 Å². The minimum absolute atomic E-state index is 0.145. The molecule has 6 heteroatoms. The van der Waals surface area contributed by atoms with E-state index in [2.05, 4.69) is 10.3 Å². The van der Waals surface area contributed by atoms with E-state index >= 15 is 0 Å². The van der Waals surface area contributed by atoms with Crippen molar-refractivity contribution in [1.82, 2.24) is 9.55 Å². The van der Waals surface area contributed by atoms with Crippen molar-refractivity contribution >= 4 is 11.8 Å². The third-order valence-corrected chi connectivity index (χ3v) is 2.36. The summed E-state index contributed by atoms with van der Waals surface area (Å²) in [5.74, 6) is -0.471. The number of hydrogen-bond acceptors (Lipinski definition) is 4. The van der Waals surface area contributed by atoms with Gasteiger partial charge in [0.1, 0.15) is 0 Å². The molecule has 1 aromatic rings. The molecule has 0 atom stereocenters. The van der Waals surface area contributed by atoms with E-state index in [0.29, 0.717) is 31.7 Å². The molecular weight excluding hydrogens is 222 g/mol. The molecule has 0 bridgehead atoms. The third kappa shape index (κ3) is 4.26. The first-order valence-electron chi connectivity index (χ1n) is 5.66. The number of aliphatic carboxylic acids is 1. The van der Waals surface area contributed by atoms with Crippen LogP contribution in [0.2, 0.25) is 0 Å². The SMILES string of the molecule is CCn1ccnc(NCCCCC(=O)O)c1=O. The molecule has 94 valence electrons. The molecule has 0 fully saturated rings. The molecule has 0 aromatic carbocycles. The average molecular weight is 239 g/mol. The molecule has 6 nitrogen and oxygen atoms in total. The summed E-state index contributed by atoms with van der Waals surface area (Å²) in [6, 6.07) is 0. The molecule has 17 heavy (non-hydrogen) atoms. The van der Waals surface area contributed by atoms with Crippen LogP contribution in [0.15, 0.2) is 17.2 Å². The van der Waals surface area contributed by atoms with Gasteiger partial charge in [-0.2, -0.15) is 0 Å². The lowest BCUT2D eigenvalue weighted by molar-refractivity contribution is -0.137.